The van der Waals surface area contributed by atoms with Crippen molar-refractivity contribution in [2.75, 3.05) is 90.4 Å². The summed E-state index contributed by atoms with van der Waals surface area (Å²) >= 11 is 24.5. The number of aromatic nitrogens is 4. The number of aliphatic hydroxyl groups is 1. The SMILES string of the molecule is CC(Oc1cc(-c2ccc(C#N)nc2)cnc1N)c1c(Cl)ccc(F)c1Cl.CC(Oc1cc(-c2ccc(OCCN3CCOCC3)nc2)cnc1N)c1c(Cl)ccc(F)c1Cl.OCCN1CCOCC1. The molecular formula is C49H51Cl4F2N9O6. The zero-order valence-corrected chi connectivity index (χ0v) is 41.3. The minimum absolute atomic E-state index is 0.0869. The van der Waals surface area contributed by atoms with E-state index < -0.39 is 23.8 Å². The molecule has 0 amide bonds. The Morgan fingerprint density at radius 3 is 1.54 bits per heavy atom. The summed E-state index contributed by atoms with van der Waals surface area (Å²) in [6.07, 6.45) is 5.13. The third kappa shape index (κ3) is 14.9. The molecule has 6 heterocycles. The normalized spacial score (nSPS) is 14.7. The highest BCUT2D eigenvalue weighted by Gasteiger charge is 2.22. The lowest BCUT2D eigenvalue weighted by atomic mass is 10.1. The molecule has 21 heteroatoms. The van der Waals surface area contributed by atoms with Crippen LogP contribution in [0.15, 0.2) is 85.5 Å². The van der Waals surface area contributed by atoms with Crippen LogP contribution in [0.2, 0.25) is 20.1 Å². The molecule has 4 aromatic heterocycles. The summed E-state index contributed by atoms with van der Waals surface area (Å²) in [4.78, 5) is 21.3. The van der Waals surface area contributed by atoms with E-state index in [1.54, 1.807) is 69.0 Å². The lowest BCUT2D eigenvalue weighted by Gasteiger charge is -2.26. The fraction of sp³-hybridized carbons (Fsp3) is 0.327. The molecule has 2 unspecified atom stereocenters. The highest BCUT2D eigenvalue weighted by atomic mass is 35.5. The number of nitrogens with zero attached hydrogens (tertiary/aromatic N) is 7. The number of nitriles is 1. The first kappa shape index (κ1) is 53.7. The second-order valence-electron chi connectivity index (χ2n) is 15.7. The van der Waals surface area contributed by atoms with Gasteiger partial charge in [0.25, 0.3) is 0 Å². The number of β-amino-alcohol motifs (C(OH)–C–C–N with tert-alkyl or cyclic N) is 1. The maximum absolute atomic E-state index is 13.9. The van der Waals surface area contributed by atoms with E-state index in [4.69, 9.17) is 91.9 Å². The molecule has 5 N–H and O–H groups in total. The number of rotatable bonds is 14. The van der Waals surface area contributed by atoms with Gasteiger partial charge in [-0.05, 0) is 68.4 Å². The minimum Gasteiger partial charge on any atom is -0.482 e. The molecule has 0 aliphatic carbocycles. The smallest absolute Gasteiger partial charge is 0.213 e. The molecule has 2 aliphatic heterocycles. The van der Waals surface area contributed by atoms with Crippen molar-refractivity contribution < 1.29 is 37.6 Å². The van der Waals surface area contributed by atoms with E-state index in [0.29, 0.717) is 51.4 Å². The number of nitrogens with two attached hydrogens (primary N) is 2. The van der Waals surface area contributed by atoms with Crippen molar-refractivity contribution in [3.8, 4) is 45.7 Å². The van der Waals surface area contributed by atoms with Gasteiger partial charge in [0.15, 0.2) is 23.1 Å². The average molecular weight is 1040 g/mol. The number of halogens is 6. The van der Waals surface area contributed by atoms with Crippen molar-refractivity contribution in [2.24, 2.45) is 0 Å². The zero-order valence-electron chi connectivity index (χ0n) is 38.3. The van der Waals surface area contributed by atoms with E-state index >= 15 is 0 Å². The van der Waals surface area contributed by atoms with Crippen LogP contribution in [0.1, 0.15) is 42.9 Å². The Kier molecular flexibility index (Phi) is 20.4. The number of morpholine rings is 2. The summed E-state index contributed by atoms with van der Waals surface area (Å²) in [6, 6.07) is 17.7. The number of hydrogen-bond donors (Lipinski definition) is 3. The molecule has 0 saturated carbocycles. The number of hydrogen-bond acceptors (Lipinski definition) is 15. The third-order valence-electron chi connectivity index (χ3n) is 10.9. The minimum atomic E-state index is -0.667. The highest BCUT2D eigenvalue weighted by molar-refractivity contribution is 6.36. The van der Waals surface area contributed by atoms with Gasteiger partial charge >= 0.3 is 0 Å². The molecule has 0 bridgehead atoms. The Bertz CT molecular complexity index is 2690. The summed E-state index contributed by atoms with van der Waals surface area (Å²) in [5.41, 5.74) is 15.9. The summed E-state index contributed by atoms with van der Waals surface area (Å²) in [7, 11) is 0. The summed E-state index contributed by atoms with van der Waals surface area (Å²) in [5, 5.41) is 17.8. The third-order valence-corrected chi connectivity index (χ3v) is 12.3. The maximum Gasteiger partial charge on any atom is 0.213 e. The maximum atomic E-state index is 13.9. The Hall–Kier alpha value is -5.65. The molecule has 0 spiro atoms. The number of ether oxygens (including phenoxy) is 5. The van der Waals surface area contributed by atoms with Crippen LogP contribution in [-0.4, -0.2) is 114 Å². The van der Waals surface area contributed by atoms with Crippen LogP contribution in [-0.2, 0) is 9.47 Å². The topological polar surface area (TPSA) is 200 Å². The van der Waals surface area contributed by atoms with Crippen LogP contribution in [0.5, 0.6) is 17.4 Å². The van der Waals surface area contributed by atoms with Crippen LogP contribution in [0.4, 0.5) is 20.4 Å². The molecule has 2 atom stereocenters. The Morgan fingerprint density at radius 1 is 0.657 bits per heavy atom. The monoisotopic (exact) mass is 1040 g/mol. The highest BCUT2D eigenvalue weighted by Crippen LogP contribution is 2.39. The van der Waals surface area contributed by atoms with Crippen molar-refractivity contribution in [1.29, 1.82) is 5.26 Å². The van der Waals surface area contributed by atoms with Gasteiger partial charge in [-0.25, -0.2) is 28.7 Å². The van der Waals surface area contributed by atoms with Gasteiger partial charge in [-0.1, -0.05) is 46.4 Å². The molecule has 2 aromatic carbocycles. The Labute approximate surface area is 424 Å². The van der Waals surface area contributed by atoms with Crippen LogP contribution >= 0.6 is 46.4 Å². The first-order chi connectivity index (χ1) is 33.8. The number of aliphatic hydroxyl groups excluding tert-OH is 1. The number of nitrogen functional groups attached to an aromatic ring is 2. The van der Waals surface area contributed by atoms with Gasteiger partial charge in [0.05, 0.1) is 43.1 Å². The lowest BCUT2D eigenvalue weighted by Crippen LogP contribution is -2.38. The van der Waals surface area contributed by atoms with E-state index in [1.807, 2.05) is 12.1 Å². The van der Waals surface area contributed by atoms with Crippen molar-refractivity contribution in [2.45, 2.75) is 26.1 Å². The number of anilines is 2. The molecule has 370 valence electrons. The summed E-state index contributed by atoms with van der Waals surface area (Å²) in [5.74, 6) is 0.352. The Morgan fingerprint density at radius 2 is 1.11 bits per heavy atom. The molecular weight excluding hydrogens is 990 g/mol. The van der Waals surface area contributed by atoms with Crippen LogP contribution in [0, 0.1) is 23.0 Å². The molecule has 0 radical (unpaired) electrons. The quantitative estimate of drug-likeness (QED) is 0.0871. The largest absolute Gasteiger partial charge is 0.482 e. The van der Waals surface area contributed by atoms with Crippen LogP contribution in [0.25, 0.3) is 22.3 Å². The van der Waals surface area contributed by atoms with Gasteiger partial charge in [0, 0.05) is 114 Å². The standard InChI is InChI=1S/C24H25Cl2FN4O3.C19H13Cl2FN4O.C6H13NO2/c1-15(22-18(25)3-4-19(27)23(22)26)34-20-12-17(14-30-24(20)28)16-2-5-21(29-13-16)33-11-8-31-6-9-32-10-7-31;1-10(17-14(20)4-5-15(22)18(17)21)27-16-6-12(9-26-19(16)24)11-2-3-13(7-23)25-8-11;8-4-1-7-2-5-9-6-3-7/h2-5,12-15H,6-11H2,1H3,(H2,28,30);2-6,8-10H,1H3,(H2,24,26);8H,1-6H2. The predicted molar refractivity (Wildman–Crippen MR) is 267 cm³/mol. The van der Waals surface area contributed by atoms with Gasteiger partial charge in [-0.2, -0.15) is 5.26 Å². The van der Waals surface area contributed by atoms with Crippen LogP contribution < -0.4 is 25.7 Å². The molecule has 6 aromatic rings. The second kappa shape index (κ2) is 26.5. The van der Waals surface area contributed by atoms with E-state index in [0.717, 1.165) is 82.4 Å². The van der Waals surface area contributed by atoms with E-state index in [-0.39, 0.29) is 33.3 Å². The molecule has 2 aliphatic rings. The molecule has 2 saturated heterocycles. The average Bonchev–Trinajstić information content (AvgIpc) is 3.37. The van der Waals surface area contributed by atoms with Crippen molar-refractivity contribution in [3.05, 3.63) is 134 Å². The fourth-order valence-electron chi connectivity index (χ4n) is 7.08. The molecule has 70 heavy (non-hydrogen) atoms. The number of benzene rings is 2. The van der Waals surface area contributed by atoms with Crippen molar-refractivity contribution in [3.63, 3.8) is 0 Å². The van der Waals surface area contributed by atoms with Crippen LogP contribution in [0.3, 0.4) is 0 Å². The van der Waals surface area contributed by atoms with Gasteiger partial charge in [-0.15, -0.1) is 0 Å². The zero-order chi connectivity index (χ0) is 50.2. The van der Waals surface area contributed by atoms with Gasteiger partial charge in [0.1, 0.15) is 42.2 Å². The van der Waals surface area contributed by atoms with E-state index in [1.165, 1.54) is 24.3 Å². The van der Waals surface area contributed by atoms with E-state index in [9.17, 15) is 8.78 Å². The van der Waals surface area contributed by atoms with Gasteiger partial charge < -0.3 is 40.3 Å². The molecule has 2 fully saturated rings. The van der Waals surface area contributed by atoms with E-state index in [2.05, 4.69) is 29.7 Å². The first-order valence-electron chi connectivity index (χ1n) is 22.0. The second-order valence-corrected chi connectivity index (χ2v) is 17.2. The first-order valence-corrected chi connectivity index (χ1v) is 23.5. The number of pyridine rings is 4. The molecule has 8 rings (SSSR count). The van der Waals surface area contributed by atoms with Gasteiger partial charge in [-0.3, -0.25) is 9.80 Å². The fourth-order valence-corrected chi connectivity index (χ4v) is 8.44. The summed E-state index contributed by atoms with van der Waals surface area (Å²) in [6.45, 7) is 12.8. The lowest BCUT2D eigenvalue weighted by molar-refractivity contribution is 0.0306. The van der Waals surface area contributed by atoms with Crippen molar-refractivity contribution >= 4 is 58.0 Å². The van der Waals surface area contributed by atoms with Gasteiger partial charge in [0.2, 0.25) is 5.88 Å². The summed E-state index contributed by atoms with van der Waals surface area (Å²) < 4.78 is 55.8. The molecule has 15 nitrogen and oxygen atoms in total. The Balaban J connectivity index is 0.000000198. The van der Waals surface area contributed by atoms with Crippen molar-refractivity contribution in [1.82, 2.24) is 29.7 Å². The predicted octanol–water partition coefficient (Wildman–Crippen LogP) is 9.52.